The van der Waals surface area contributed by atoms with Crippen molar-refractivity contribution in [2.75, 3.05) is 31.1 Å². The van der Waals surface area contributed by atoms with Crippen molar-refractivity contribution in [1.82, 2.24) is 14.8 Å². The summed E-state index contributed by atoms with van der Waals surface area (Å²) in [5.74, 6) is 0.396. The van der Waals surface area contributed by atoms with E-state index < -0.39 is 15.8 Å². The average molecular weight is 410 g/mol. The molecule has 2 aromatic heterocycles. The lowest BCUT2D eigenvalue weighted by Crippen LogP contribution is -2.11. The van der Waals surface area contributed by atoms with Crippen molar-refractivity contribution in [3.8, 4) is 5.88 Å². The van der Waals surface area contributed by atoms with Gasteiger partial charge >= 0.3 is 0 Å². The Balaban J connectivity index is 1.56. The van der Waals surface area contributed by atoms with Gasteiger partial charge in [-0.1, -0.05) is 0 Å². The summed E-state index contributed by atoms with van der Waals surface area (Å²) < 4.78 is 27.7. The van der Waals surface area contributed by atoms with Crippen LogP contribution in [0.4, 0.5) is 4.39 Å². The lowest BCUT2D eigenvalue weighted by Gasteiger charge is -2.24. The van der Waals surface area contributed by atoms with Gasteiger partial charge in [-0.3, -0.25) is 0 Å². The molecule has 1 aliphatic rings. The molecule has 28 heavy (non-hydrogen) atoms. The van der Waals surface area contributed by atoms with Crippen LogP contribution in [-0.2, 0) is 35.7 Å². The first kappa shape index (κ1) is 20.8. The molecule has 8 heteroatoms. The molecule has 0 aromatic carbocycles. The third kappa shape index (κ3) is 5.11. The number of rotatable bonds is 9. The predicted molar refractivity (Wildman–Crippen MR) is 109 cm³/mol. The molecule has 0 amide bonds. The number of fused-ring (bicyclic) bond motifs is 1. The Morgan fingerprint density at radius 2 is 2.07 bits per heavy atom. The maximum Gasteiger partial charge on any atom is 0.251 e. The smallest absolute Gasteiger partial charge is 0.251 e. The van der Waals surface area contributed by atoms with E-state index in [0.717, 1.165) is 23.3 Å². The van der Waals surface area contributed by atoms with E-state index in [1.54, 1.807) is 4.68 Å². The van der Waals surface area contributed by atoms with Gasteiger partial charge in [-0.2, -0.15) is 5.10 Å². The molecular weight excluding hydrogens is 381 g/mol. The summed E-state index contributed by atoms with van der Waals surface area (Å²) in [6.45, 7) is 3.03. The topological polar surface area (TPSA) is 66.2 Å². The van der Waals surface area contributed by atoms with Crippen LogP contribution in [0, 0.1) is 18.7 Å². The van der Waals surface area contributed by atoms with Gasteiger partial charge in [0.25, 0.3) is 5.88 Å². The number of aromatic nitrogens is 3. The fourth-order valence-corrected chi connectivity index (χ4v) is 3.80. The molecule has 0 fully saturated rings. The number of halogens is 1. The first-order valence-electron chi connectivity index (χ1n) is 9.29. The van der Waals surface area contributed by atoms with Crippen LogP contribution >= 0.6 is 10.0 Å². The molecule has 3 rings (SSSR count). The van der Waals surface area contributed by atoms with Crippen molar-refractivity contribution in [1.29, 1.82) is 0 Å². The number of aldehydes is 1. The highest BCUT2D eigenvalue weighted by molar-refractivity contribution is 8.32. The largest absolute Gasteiger partial charge is 0.469 e. The van der Waals surface area contributed by atoms with E-state index >= 15 is 0 Å². The van der Waals surface area contributed by atoms with Gasteiger partial charge in [-0.25, -0.2) is 24.1 Å². The van der Waals surface area contributed by atoms with E-state index in [-0.39, 0.29) is 18.4 Å². The zero-order valence-electron chi connectivity index (χ0n) is 16.9. The van der Waals surface area contributed by atoms with Crippen molar-refractivity contribution in [3.63, 3.8) is 0 Å². The summed E-state index contributed by atoms with van der Waals surface area (Å²) in [5, 5.41) is 4.39. The number of hydrogen-bond donors (Lipinski definition) is 0. The summed E-state index contributed by atoms with van der Waals surface area (Å²) >= 11 is 0. The molecule has 6 nitrogen and oxygen atoms in total. The second-order valence-electron chi connectivity index (χ2n) is 8.05. The zero-order chi connectivity index (χ0) is 20.3. The van der Waals surface area contributed by atoms with E-state index in [9.17, 15) is 9.18 Å². The highest BCUT2D eigenvalue weighted by Gasteiger charge is 2.29. The van der Waals surface area contributed by atoms with Crippen molar-refractivity contribution < 1.29 is 18.7 Å². The van der Waals surface area contributed by atoms with Crippen LogP contribution in [0.15, 0.2) is 12.3 Å². The van der Waals surface area contributed by atoms with Gasteiger partial charge in [-0.05, 0) is 55.7 Å². The molecule has 1 atom stereocenters. The lowest BCUT2D eigenvalue weighted by atomic mass is 10.1. The monoisotopic (exact) mass is 409 g/mol. The third-order valence-corrected chi connectivity index (χ3v) is 6.16. The SMILES string of the molecule is Cc1nc(OCc2ccn(COCCS(C)(C)C)n2)c(F)c2c1CC(C=O)C2. The molecular formula is C20H28FN3O3S. The Bertz CT molecular complexity index is 848. The Morgan fingerprint density at radius 1 is 1.32 bits per heavy atom. The molecule has 1 unspecified atom stereocenters. The van der Waals surface area contributed by atoms with Crippen LogP contribution in [0.25, 0.3) is 0 Å². The van der Waals surface area contributed by atoms with Gasteiger partial charge in [0.15, 0.2) is 5.82 Å². The first-order chi connectivity index (χ1) is 13.3. The maximum absolute atomic E-state index is 14.7. The summed E-state index contributed by atoms with van der Waals surface area (Å²) in [7, 11) is -0.566. The van der Waals surface area contributed by atoms with Crippen LogP contribution < -0.4 is 4.74 Å². The standard InChI is InChI=1S/C20H28FN3O3S/c1-14-17-9-15(11-25)10-18(17)19(21)20(22-14)27-12-16-5-6-24(23-16)13-26-7-8-28(2,3)4/h5-6,11,15H,7-10,12-13H2,1-4H3. The van der Waals surface area contributed by atoms with Gasteiger partial charge in [0.2, 0.25) is 0 Å². The normalized spacial score (nSPS) is 16.8. The number of nitrogens with zero attached hydrogens (tertiary/aromatic N) is 3. The molecule has 0 spiro atoms. The number of carbonyl (C=O) groups is 1. The average Bonchev–Trinajstić information content (AvgIpc) is 3.27. The van der Waals surface area contributed by atoms with Crippen LogP contribution in [0.5, 0.6) is 5.88 Å². The van der Waals surface area contributed by atoms with Gasteiger partial charge in [-0.15, -0.1) is 0 Å². The molecule has 154 valence electrons. The van der Waals surface area contributed by atoms with E-state index in [1.807, 2.05) is 19.2 Å². The van der Waals surface area contributed by atoms with Crippen molar-refractivity contribution in [2.45, 2.75) is 33.1 Å². The lowest BCUT2D eigenvalue weighted by molar-refractivity contribution is -0.110. The van der Waals surface area contributed by atoms with E-state index in [1.165, 1.54) is 0 Å². The molecule has 1 aliphatic carbocycles. The van der Waals surface area contributed by atoms with Crippen LogP contribution in [0.3, 0.4) is 0 Å². The third-order valence-electron chi connectivity index (χ3n) is 4.76. The molecule has 0 saturated heterocycles. The number of ether oxygens (including phenoxy) is 2. The molecule has 0 radical (unpaired) electrons. The Hall–Kier alpha value is -1.93. The zero-order valence-corrected chi connectivity index (χ0v) is 17.7. The number of pyridine rings is 1. The van der Waals surface area contributed by atoms with Gasteiger partial charge < -0.3 is 14.3 Å². The summed E-state index contributed by atoms with van der Waals surface area (Å²) in [6.07, 6.45) is 10.4. The van der Waals surface area contributed by atoms with E-state index in [0.29, 0.717) is 37.4 Å². The molecule has 0 saturated carbocycles. The molecule has 0 bridgehead atoms. The molecule has 2 aromatic rings. The molecule has 0 N–H and O–H groups in total. The number of aryl methyl sites for hydroxylation is 1. The minimum Gasteiger partial charge on any atom is -0.469 e. The maximum atomic E-state index is 14.7. The highest BCUT2D eigenvalue weighted by atomic mass is 32.3. The van der Waals surface area contributed by atoms with Gasteiger partial charge in [0, 0.05) is 23.6 Å². The minimum atomic E-state index is -0.566. The fraction of sp³-hybridized carbons (Fsp3) is 0.550. The summed E-state index contributed by atoms with van der Waals surface area (Å²) in [5.41, 5.74) is 2.78. The second-order valence-corrected chi connectivity index (χ2v) is 12.6. The van der Waals surface area contributed by atoms with E-state index in [4.69, 9.17) is 9.47 Å². The van der Waals surface area contributed by atoms with Crippen molar-refractivity contribution in [2.24, 2.45) is 5.92 Å². The molecule has 0 aliphatic heterocycles. The van der Waals surface area contributed by atoms with E-state index in [2.05, 4.69) is 28.8 Å². The summed E-state index contributed by atoms with van der Waals surface area (Å²) in [4.78, 5) is 15.3. The second kappa shape index (κ2) is 8.61. The fourth-order valence-electron chi connectivity index (χ4n) is 3.18. The predicted octanol–water partition coefficient (Wildman–Crippen LogP) is 2.89. The minimum absolute atomic E-state index is 0.0262. The van der Waals surface area contributed by atoms with Crippen molar-refractivity contribution in [3.05, 3.63) is 40.6 Å². The van der Waals surface area contributed by atoms with Crippen LogP contribution in [0.2, 0.25) is 0 Å². The quantitative estimate of drug-likeness (QED) is 0.471. The van der Waals surface area contributed by atoms with Gasteiger partial charge in [0.05, 0.1) is 12.3 Å². The Labute approximate surface area is 166 Å². The van der Waals surface area contributed by atoms with Gasteiger partial charge in [0.1, 0.15) is 19.6 Å². The first-order valence-corrected chi connectivity index (χ1v) is 12.3. The van der Waals surface area contributed by atoms with Crippen LogP contribution in [0.1, 0.15) is 22.5 Å². The van der Waals surface area contributed by atoms with Crippen molar-refractivity contribution >= 4 is 16.3 Å². The highest BCUT2D eigenvalue weighted by Crippen LogP contribution is 2.34. The molecule has 2 heterocycles. The number of carbonyl (C=O) groups excluding carboxylic acids is 1. The number of hydrogen-bond acceptors (Lipinski definition) is 5. The Morgan fingerprint density at radius 3 is 2.79 bits per heavy atom. The summed E-state index contributed by atoms with van der Waals surface area (Å²) in [6, 6.07) is 1.82. The Kier molecular flexibility index (Phi) is 6.40. The van der Waals surface area contributed by atoms with Crippen LogP contribution in [-0.4, -0.2) is 52.2 Å².